The van der Waals surface area contributed by atoms with E-state index in [4.69, 9.17) is 11.6 Å². The van der Waals surface area contributed by atoms with E-state index in [-0.39, 0.29) is 5.41 Å². The van der Waals surface area contributed by atoms with E-state index in [1.807, 2.05) is 32.3 Å². The third-order valence-corrected chi connectivity index (χ3v) is 4.36. The summed E-state index contributed by atoms with van der Waals surface area (Å²) in [5, 5.41) is 1.83. The third kappa shape index (κ3) is 4.85. The molecule has 0 aliphatic heterocycles. The van der Waals surface area contributed by atoms with E-state index in [0.29, 0.717) is 10.9 Å². The molecule has 2 heterocycles. The predicted molar refractivity (Wildman–Crippen MR) is 113 cm³/mol. The van der Waals surface area contributed by atoms with Crippen molar-refractivity contribution >= 4 is 22.5 Å². The molecule has 0 saturated carbocycles. The van der Waals surface area contributed by atoms with Gasteiger partial charge < -0.3 is 4.98 Å². The van der Waals surface area contributed by atoms with Crippen molar-refractivity contribution in [3.05, 3.63) is 47.0 Å². The molecule has 2 aromatic heterocycles. The Balaban J connectivity index is 0.00000117. The molecule has 3 aromatic rings. The smallest absolute Gasteiger partial charge is 0.0901 e. The average Bonchev–Trinajstić information content (AvgIpc) is 2.98. The number of aromatic nitrogens is 3. The molecule has 1 N–H and O–H groups in total. The van der Waals surface area contributed by atoms with Gasteiger partial charge in [-0.2, -0.15) is 0 Å². The van der Waals surface area contributed by atoms with Gasteiger partial charge in [-0.05, 0) is 36.0 Å². The van der Waals surface area contributed by atoms with Crippen molar-refractivity contribution in [2.45, 2.75) is 60.8 Å². The van der Waals surface area contributed by atoms with Crippen molar-refractivity contribution in [1.29, 1.82) is 0 Å². The van der Waals surface area contributed by atoms with Gasteiger partial charge in [-0.15, -0.1) is 0 Å². The van der Waals surface area contributed by atoms with E-state index in [0.717, 1.165) is 34.3 Å². The number of H-pyrrole nitrogens is 1. The highest BCUT2D eigenvalue weighted by Crippen LogP contribution is 2.32. The largest absolute Gasteiger partial charge is 0.358 e. The molecule has 1 aromatic carbocycles. The Morgan fingerprint density at radius 3 is 2.27 bits per heavy atom. The van der Waals surface area contributed by atoms with Gasteiger partial charge in [0.2, 0.25) is 0 Å². The molecular formula is C22H30ClN3. The molecule has 3 rings (SSSR count). The minimum atomic E-state index is 0.199. The molecule has 0 saturated heterocycles. The highest BCUT2D eigenvalue weighted by Gasteiger charge is 2.14. The average molecular weight is 372 g/mol. The lowest BCUT2D eigenvalue weighted by Gasteiger charge is -2.17. The van der Waals surface area contributed by atoms with Crippen LogP contribution in [-0.4, -0.2) is 15.0 Å². The van der Waals surface area contributed by atoms with E-state index in [9.17, 15) is 0 Å². The van der Waals surface area contributed by atoms with Crippen LogP contribution >= 0.6 is 11.6 Å². The monoisotopic (exact) mass is 371 g/mol. The predicted octanol–water partition coefficient (Wildman–Crippen LogP) is 7.02. The minimum Gasteiger partial charge on any atom is -0.358 e. The molecule has 0 fully saturated rings. The van der Waals surface area contributed by atoms with E-state index < -0.39 is 0 Å². The van der Waals surface area contributed by atoms with Crippen molar-refractivity contribution < 1.29 is 0 Å². The van der Waals surface area contributed by atoms with Crippen molar-refractivity contribution in [1.82, 2.24) is 15.0 Å². The van der Waals surface area contributed by atoms with Gasteiger partial charge >= 0.3 is 0 Å². The molecule has 0 radical (unpaired) electrons. The van der Waals surface area contributed by atoms with Gasteiger partial charge in [0.05, 0.1) is 22.6 Å². The van der Waals surface area contributed by atoms with Crippen LogP contribution < -0.4 is 0 Å². The van der Waals surface area contributed by atoms with Crippen LogP contribution in [0.1, 0.15) is 65.8 Å². The first kappa shape index (κ1) is 20.4. The zero-order chi connectivity index (χ0) is 19.5. The Labute approximate surface area is 162 Å². The number of rotatable bonds is 3. The minimum absolute atomic E-state index is 0.199. The van der Waals surface area contributed by atoms with Crippen molar-refractivity contribution in [3.63, 3.8) is 0 Å². The number of aromatic amines is 1. The fraction of sp³-hybridized carbons (Fsp3) is 0.455. The molecule has 140 valence electrons. The van der Waals surface area contributed by atoms with E-state index in [1.165, 1.54) is 5.69 Å². The van der Waals surface area contributed by atoms with Gasteiger partial charge in [0.25, 0.3) is 0 Å². The molecule has 0 aliphatic carbocycles. The van der Waals surface area contributed by atoms with Crippen LogP contribution in [0, 0.1) is 5.41 Å². The SMILES string of the molecule is CC.CC(C)c1cc2cc(Cl)c(-c3cnc(CC(C)(C)C)cn3)cc2[nH]1. The number of fused-ring (bicyclic) bond motifs is 1. The third-order valence-electron chi connectivity index (χ3n) is 4.04. The summed E-state index contributed by atoms with van der Waals surface area (Å²) >= 11 is 6.49. The summed E-state index contributed by atoms with van der Waals surface area (Å²) in [5.41, 5.74) is 5.22. The molecule has 26 heavy (non-hydrogen) atoms. The maximum atomic E-state index is 6.49. The maximum Gasteiger partial charge on any atom is 0.0901 e. The lowest BCUT2D eigenvalue weighted by Crippen LogP contribution is -2.10. The number of nitrogens with zero attached hydrogens (tertiary/aromatic N) is 2. The maximum absolute atomic E-state index is 6.49. The van der Waals surface area contributed by atoms with Gasteiger partial charge in [-0.25, -0.2) is 0 Å². The normalized spacial score (nSPS) is 11.6. The van der Waals surface area contributed by atoms with Gasteiger partial charge in [-0.3, -0.25) is 9.97 Å². The number of hydrogen-bond acceptors (Lipinski definition) is 2. The van der Waals surface area contributed by atoms with Crippen LogP contribution in [0.2, 0.25) is 5.02 Å². The summed E-state index contributed by atoms with van der Waals surface area (Å²) in [4.78, 5) is 12.6. The van der Waals surface area contributed by atoms with Crippen LogP contribution in [0.4, 0.5) is 0 Å². The van der Waals surface area contributed by atoms with Gasteiger partial charge in [0.15, 0.2) is 0 Å². The van der Waals surface area contributed by atoms with Crippen molar-refractivity contribution in [3.8, 4) is 11.3 Å². The van der Waals surface area contributed by atoms with Gasteiger partial charge in [0.1, 0.15) is 0 Å². The topological polar surface area (TPSA) is 41.6 Å². The summed E-state index contributed by atoms with van der Waals surface area (Å²) < 4.78 is 0. The van der Waals surface area contributed by atoms with Crippen LogP contribution in [0.3, 0.4) is 0 Å². The first-order valence-electron chi connectivity index (χ1n) is 9.36. The van der Waals surface area contributed by atoms with Gasteiger partial charge in [0, 0.05) is 28.4 Å². The summed E-state index contributed by atoms with van der Waals surface area (Å²) in [7, 11) is 0. The molecule has 3 nitrogen and oxygen atoms in total. The number of nitrogens with one attached hydrogen (secondary N) is 1. The van der Waals surface area contributed by atoms with E-state index in [1.54, 1.807) is 0 Å². The second-order valence-corrected chi connectivity index (χ2v) is 8.34. The Kier molecular flexibility index (Phi) is 6.46. The van der Waals surface area contributed by atoms with E-state index in [2.05, 4.69) is 61.7 Å². The first-order valence-corrected chi connectivity index (χ1v) is 9.74. The fourth-order valence-electron chi connectivity index (χ4n) is 2.81. The lowest BCUT2D eigenvalue weighted by molar-refractivity contribution is 0.405. The Morgan fingerprint density at radius 2 is 1.73 bits per heavy atom. The van der Waals surface area contributed by atoms with E-state index >= 15 is 0 Å². The Bertz CT molecular complexity index is 855. The van der Waals surface area contributed by atoms with Gasteiger partial charge in [-0.1, -0.05) is 60.1 Å². The standard InChI is InChI=1S/C20H24ClN3.C2H6/c1-12(2)17-7-13-6-16(21)15(8-18(13)24-17)19-11-22-14(10-23-19)9-20(3,4)5;1-2/h6-8,10-12,24H,9H2,1-5H3;1-2H3. The molecule has 0 bridgehead atoms. The van der Waals surface area contributed by atoms with Crippen molar-refractivity contribution in [2.24, 2.45) is 5.41 Å². The Hall–Kier alpha value is -1.87. The van der Waals surface area contributed by atoms with Crippen LogP contribution in [0.25, 0.3) is 22.2 Å². The molecule has 0 atom stereocenters. The zero-order valence-electron chi connectivity index (χ0n) is 16.9. The number of benzene rings is 1. The quantitative estimate of drug-likeness (QED) is 0.537. The molecule has 0 unspecified atom stereocenters. The number of hydrogen-bond donors (Lipinski definition) is 1. The second-order valence-electron chi connectivity index (χ2n) is 7.93. The highest BCUT2D eigenvalue weighted by atomic mass is 35.5. The number of halogens is 1. The lowest BCUT2D eigenvalue weighted by atomic mass is 9.91. The molecule has 0 spiro atoms. The summed E-state index contributed by atoms with van der Waals surface area (Å²) in [6, 6.07) is 6.23. The second kappa shape index (κ2) is 8.22. The molecular weight excluding hydrogens is 342 g/mol. The first-order chi connectivity index (χ1) is 12.2. The Morgan fingerprint density at radius 1 is 1.04 bits per heavy atom. The van der Waals surface area contributed by atoms with Crippen LogP contribution in [-0.2, 0) is 6.42 Å². The highest BCUT2D eigenvalue weighted by molar-refractivity contribution is 6.34. The summed E-state index contributed by atoms with van der Waals surface area (Å²) in [6.07, 6.45) is 4.58. The fourth-order valence-corrected chi connectivity index (χ4v) is 3.08. The van der Waals surface area contributed by atoms with Crippen LogP contribution in [0.5, 0.6) is 0 Å². The summed E-state index contributed by atoms with van der Waals surface area (Å²) in [5.74, 6) is 0.455. The molecule has 0 amide bonds. The molecule has 4 heteroatoms. The zero-order valence-corrected chi connectivity index (χ0v) is 17.7. The molecule has 0 aliphatic rings. The van der Waals surface area contributed by atoms with Crippen LogP contribution in [0.15, 0.2) is 30.6 Å². The van der Waals surface area contributed by atoms with Crippen molar-refractivity contribution in [2.75, 3.05) is 0 Å². The summed E-state index contributed by atoms with van der Waals surface area (Å²) in [6.45, 7) is 14.9.